The van der Waals surface area contributed by atoms with Crippen molar-refractivity contribution in [2.24, 2.45) is 0 Å². The fourth-order valence-electron chi connectivity index (χ4n) is 4.41. The number of benzene rings is 1. The molecule has 0 spiro atoms. The summed E-state index contributed by atoms with van der Waals surface area (Å²) in [4.78, 5) is 16.0. The van der Waals surface area contributed by atoms with Crippen LogP contribution in [0.3, 0.4) is 0 Å². The molecule has 0 unspecified atom stereocenters. The van der Waals surface area contributed by atoms with E-state index in [-0.39, 0.29) is 17.3 Å². The van der Waals surface area contributed by atoms with Gasteiger partial charge in [-0.15, -0.1) is 0 Å². The number of methoxy groups -OCH3 is 2. The minimum absolute atomic E-state index is 0.0589. The highest BCUT2D eigenvalue weighted by Crippen LogP contribution is 2.35. The summed E-state index contributed by atoms with van der Waals surface area (Å²) in [5.74, 6) is 0.161. The number of fused-ring (bicyclic) bond motifs is 1. The van der Waals surface area contributed by atoms with Crippen LogP contribution >= 0.6 is 0 Å². The first-order valence-corrected chi connectivity index (χ1v) is 11.0. The van der Waals surface area contributed by atoms with Crippen molar-refractivity contribution in [3.8, 4) is 11.5 Å². The van der Waals surface area contributed by atoms with Gasteiger partial charge in [0.25, 0.3) is 0 Å². The van der Waals surface area contributed by atoms with E-state index in [1.54, 1.807) is 32.5 Å². The van der Waals surface area contributed by atoms with Crippen molar-refractivity contribution in [1.29, 1.82) is 0 Å². The molecule has 2 N–H and O–H groups in total. The number of carboxylic acid groups (broad SMARTS) is 1. The lowest BCUT2D eigenvalue weighted by Crippen LogP contribution is -2.29. The molecule has 9 nitrogen and oxygen atoms in total. The number of carboxylic acids is 1. The number of hydrogen-bond acceptors (Lipinski definition) is 7. The molecule has 0 aliphatic heterocycles. The van der Waals surface area contributed by atoms with Crippen LogP contribution in [0.2, 0.25) is 0 Å². The van der Waals surface area contributed by atoms with Crippen LogP contribution in [0.15, 0.2) is 30.6 Å². The Bertz CT molecular complexity index is 1110. The topological polar surface area (TPSA) is 115 Å². The van der Waals surface area contributed by atoms with E-state index in [4.69, 9.17) is 14.2 Å². The number of imidazole rings is 1. The summed E-state index contributed by atoms with van der Waals surface area (Å²) in [6.45, 7) is 1.89. The predicted octanol–water partition coefficient (Wildman–Crippen LogP) is 3.36. The van der Waals surface area contributed by atoms with Crippen molar-refractivity contribution in [2.75, 3.05) is 14.2 Å². The van der Waals surface area contributed by atoms with Gasteiger partial charge in [0.15, 0.2) is 5.65 Å². The second kappa shape index (κ2) is 9.76. The smallest absolute Gasteiger partial charge is 0.339 e. The van der Waals surface area contributed by atoms with Crippen molar-refractivity contribution >= 4 is 11.6 Å². The minimum atomic E-state index is -1.07. The normalized spacial score (nSPS) is 16.1. The Morgan fingerprint density at radius 1 is 1.21 bits per heavy atom. The van der Waals surface area contributed by atoms with Gasteiger partial charge in [0, 0.05) is 18.2 Å². The van der Waals surface area contributed by atoms with E-state index < -0.39 is 18.2 Å². The maximum absolute atomic E-state index is 11.5. The highest BCUT2D eigenvalue weighted by atomic mass is 16.5. The summed E-state index contributed by atoms with van der Waals surface area (Å²) in [6.07, 6.45) is 5.97. The van der Waals surface area contributed by atoms with E-state index in [9.17, 15) is 15.0 Å². The van der Waals surface area contributed by atoms with E-state index in [0.717, 1.165) is 31.2 Å². The van der Waals surface area contributed by atoms with Crippen LogP contribution in [-0.4, -0.2) is 57.2 Å². The van der Waals surface area contributed by atoms with Crippen LogP contribution in [-0.2, 0) is 11.2 Å². The molecule has 33 heavy (non-hydrogen) atoms. The van der Waals surface area contributed by atoms with Gasteiger partial charge in [-0.2, -0.15) is 5.10 Å². The lowest BCUT2D eigenvalue weighted by molar-refractivity contribution is -0.0757. The van der Waals surface area contributed by atoms with Crippen molar-refractivity contribution in [2.45, 2.75) is 57.3 Å². The Balaban J connectivity index is 1.68. The molecule has 1 saturated carbocycles. The molecule has 1 aliphatic rings. The number of ether oxygens (including phenoxy) is 3. The summed E-state index contributed by atoms with van der Waals surface area (Å²) < 4.78 is 18.8. The molecule has 4 rings (SSSR count). The standard InChI is InChI=1S/C24H29N3O6/c1-14-19(31-2)10-15(11-20(14)32-3)22(28)21(33-17-6-4-5-7-17)12-16-13-27-23(26-16)18(24(29)30)8-9-25-27/h8-11,13,17,21-22,28H,4-7,12H2,1-3H3,(H,29,30)/t21-,22+/m0/s1. The third kappa shape index (κ3) is 4.79. The number of hydrogen-bond donors (Lipinski definition) is 2. The molecule has 2 atom stereocenters. The lowest BCUT2D eigenvalue weighted by Gasteiger charge is -2.27. The van der Waals surface area contributed by atoms with Crippen LogP contribution in [0.4, 0.5) is 0 Å². The fourth-order valence-corrected chi connectivity index (χ4v) is 4.41. The zero-order chi connectivity index (χ0) is 23.5. The van der Waals surface area contributed by atoms with Gasteiger partial charge in [-0.1, -0.05) is 12.8 Å². The van der Waals surface area contributed by atoms with E-state index in [1.807, 2.05) is 6.92 Å². The zero-order valence-corrected chi connectivity index (χ0v) is 19.0. The molecule has 2 aromatic heterocycles. The molecule has 9 heteroatoms. The molecule has 0 amide bonds. The van der Waals surface area contributed by atoms with Gasteiger partial charge >= 0.3 is 5.97 Å². The Hall–Kier alpha value is -3.17. The van der Waals surface area contributed by atoms with Gasteiger partial charge in [0.2, 0.25) is 0 Å². The first kappa shape index (κ1) is 23.0. The molecule has 3 aromatic rings. The van der Waals surface area contributed by atoms with Crippen molar-refractivity contribution in [3.63, 3.8) is 0 Å². The zero-order valence-electron chi connectivity index (χ0n) is 19.0. The lowest BCUT2D eigenvalue weighted by atomic mass is 9.98. The molecule has 0 saturated heterocycles. The van der Waals surface area contributed by atoms with Crippen LogP contribution in [0, 0.1) is 6.92 Å². The van der Waals surface area contributed by atoms with Gasteiger partial charge in [0.1, 0.15) is 23.2 Å². The summed E-state index contributed by atoms with van der Waals surface area (Å²) in [5, 5.41) is 25.0. The average molecular weight is 456 g/mol. The predicted molar refractivity (Wildman–Crippen MR) is 120 cm³/mol. The molecule has 0 bridgehead atoms. The Morgan fingerprint density at radius 3 is 2.48 bits per heavy atom. The van der Waals surface area contributed by atoms with Gasteiger partial charge in [-0.25, -0.2) is 14.3 Å². The molecule has 0 radical (unpaired) electrons. The van der Waals surface area contributed by atoms with Crippen molar-refractivity contribution in [1.82, 2.24) is 14.6 Å². The number of aliphatic hydroxyl groups excluding tert-OH is 1. The maximum Gasteiger partial charge on any atom is 0.339 e. The number of aromatic nitrogens is 3. The Labute approximate surface area is 191 Å². The number of rotatable bonds is 9. The largest absolute Gasteiger partial charge is 0.496 e. The van der Waals surface area contributed by atoms with Crippen LogP contribution in [0.25, 0.3) is 5.65 Å². The van der Waals surface area contributed by atoms with Crippen LogP contribution < -0.4 is 9.47 Å². The van der Waals surface area contributed by atoms with Gasteiger partial charge in [0.05, 0.1) is 38.3 Å². The van der Waals surface area contributed by atoms with Gasteiger partial charge < -0.3 is 24.4 Å². The van der Waals surface area contributed by atoms with Crippen molar-refractivity contribution in [3.05, 3.63) is 53.0 Å². The summed E-state index contributed by atoms with van der Waals surface area (Å²) >= 11 is 0. The first-order valence-electron chi connectivity index (χ1n) is 11.0. The number of aromatic carboxylic acids is 1. The maximum atomic E-state index is 11.5. The molecule has 1 aliphatic carbocycles. The van der Waals surface area contributed by atoms with E-state index >= 15 is 0 Å². The Kier molecular flexibility index (Phi) is 6.80. The molecular formula is C24H29N3O6. The average Bonchev–Trinajstić information content (AvgIpc) is 3.47. The van der Waals surface area contributed by atoms with Crippen LogP contribution in [0.5, 0.6) is 11.5 Å². The summed E-state index contributed by atoms with van der Waals surface area (Å²) in [7, 11) is 3.16. The summed E-state index contributed by atoms with van der Waals surface area (Å²) in [6, 6.07) is 5.00. The van der Waals surface area contributed by atoms with E-state index in [0.29, 0.717) is 29.2 Å². The Morgan fingerprint density at radius 2 is 1.88 bits per heavy atom. The van der Waals surface area contributed by atoms with Crippen LogP contribution in [0.1, 0.15) is 59.0 Å². The third-order valence-corrected chi connectivity index (χ3v) is 6.19. The molecule has 1 fully saturated rings. The highest BCUT2D eigenvalue weighted by Gasteiger charge is 2.29. The third-order valence-electron chi connectivity index (χ3n) is 6.19. The SMILES string of the molecule is COc1cc([C@@H](O)[C@H](Cc2cn3nccc(C(=O)O)c3n2)OC2CCCC2)cc(OC)c1C. The van der Waals surface area contributed by atoms with E-state index in [2.05, 4.69) is 10.1 Å². The highest BCUT2D eigenvalue weighted by molar-refractivity contribution is 5.94. The monoisotopic (exact) mass is 455 g/mol. The van der Waals surface area contributed by atoms with Gasteiger partial charge in [-0.3, -0.25) is 0 Å². The van der Waals surface area contributed by atoms with Crippen molar-refractivity contribution < 1.29 is 29.2 Å². The molecule has 1 aromatic carbocycles. The second-order valence-corrected chi connectivity index (χ2v) is 8.33. The second-order valence-electron chi connectivity index (χ2n) is 8.33. The molecular weight excluding hydrogens is 426 g/mol. The molecule has 2 heterocycles. The first-order chi connectivity index (χ1) is 15.9. The van der Waals surface area contributed by atoms with E-state index in [1.165, 1.54) is 16.8 Å². The molecule has 176 valence electrons. The fraction of sp³-hybridized carbons (Fsp3) is 0.458. The number of nitrogens with zero attached hydrogens (tertiary/aromatic N) is 3. The summed E-state index contributed by atoms with van der Waals surface area (Å²) in [5.41, 5.74) is 2.37. The number of aliphatic hydroxyl groups is 1. The minimum Gasteiger partial charge on any atom is -0.496 e. The number of carbonyl (C=O) groups is 1. The quantitative estimate of drug-likeness (QED) is 0.505. The van der Waals surface area contributed by atoms with Gasteiger partial charge in [-0.05, 0) is 43.5 Å².